The van der Waals surface area contributed by atoms with Gasteiger partial charge in [-0.05, 0) is 62.9 Å². The SMILES string of the molecule is CC(C)(CCCC(=O)N1CCc2c(n(C(F)(F)c3ccc(F)c(F)c3F)c3ncccc23)C1)C(=O)O. The van der Waals surface area contributed by atoms with Gasteiger partial charge in [-0.15, -0.1) is 0 Å². The molecule has 0 bridgehead atoms. The number of carboxylic acids is 1. The Balaban J connectivity index is 1.69. The fourth-order valence-electron chi connectivity index (χ4n) is 4.52. The molecule has 0 unspecified atom stereocenters. The maximum atomic E-state index is 15.8. The molecule has 1 amide bonds. The first kappa shape index (κ1) is 25.6. The van der Waals surface area contributed by atoms with Gasteiger partial charge in [-0.1, -0.05) is 0 Å². The molecule has 192 valence electrons. The number of carboxylic acid groups (broad SMARTS) is 1. The number of amides is 1. The van der Waals surface area contributed by atoms with Crippen LogP contribution in [-0.4, -0.2) is 38.0 Å². The first-order valence-corrected chi connectivity index (χ1v) is 11.4. The molecule has 1 aliphatic rings. The van der Waals surface area contributed by atoms with Gasteiger partial charge in [0.25, 0.3) is 0 Å². The Bertz CT molecular complexity index is 1350. The zero-order chi connectivity index (χ0) is 26.4. The van der Waals surface area contributed by atoms with Crippen LogP contribution in [0.4, 0.5) is 22.0 Å². The van der Waals surface area contributed by atoms with Crippen molar-refractivity contribution in [2.75, 3.05) is 6.54 Å². The van der Waals surface area contributed by atoms with E-state index in [1.165, 1.54) is 11.1 Å². The van der Waals surface area contributed by atoms with Crippen LogP contribution in [0.1, 0.15) is 49.9 Å². The molecular weight excluding hydrogens is 485 g/mol. The summed E-state index contributed by atoms with van der Waals surface area (Å²) in [5, 5.41) is 9.63. The van der Waals surface area contributed by atoms with Gasteiger partial charge in [-0.25, -0.2) is 18.2 Å². The molecule has 0 saturated carbocycles. The van der Waals surface area contributed by atoms with E-state index < -0.39 is 40.4 Å². The standard InChI is InChI=1S/C25H24F5N3O3/c1-24(2,23(35)36)10-3-6-19(34)32-12-9-14-15-5-4-11-31-22(15)33(18(14)13-32)25(29,30)16-7-8-17(26)21(28)20(16)27/h4-5,7-8,11H,3,6,9-10,12-13H2,1-2H3,(H,35,36). The van der Waals surface area contributed by atoms with Gasteiger partial charge in [0.15, 0.2) is 17.5 Å². The van der Waals surface area contributed by atoms with Gasteiger partial charge in [0.2, 0.25) is 5.91 Å². The number of carbonyl (C=O) groups is 2. The molecule has 0 aliphatic carbocycles. The van der Waals surface area contributed by atoms with Gasteiger partial charge in [0.1, 0.15) is 5.65 Å². The number of nitrogens with zero attached hydrogens (tertiary/aromatic N) is 3. The van der Waals surface area contributed by atoms with Crippen LogP contribution >= 0.6 is 0 Å². The molecule has 1 aromatic carbocycles. The predicted molar refractivity (Wildman–Crippen MR) is 120 cm³/mol. The Morgan fingerprint density at radius 2 is 1.83 bits per heavy atom. The van der Waals surface area contributed by atoms with E-state index >= 15 is 8.78 Å². The third kappa shape index (κ3) is 4.31. The number of fused-ring (bicyclic) bond motifs is 3. The number of aromatic nitrogens is 2. The zero-order valence-corrected chi connectivity index (χ0v) is 19.6. The smallest absolute Gasteiger partial charge is 0.360 e. The summed E-state index contributed by atoms with van der Waals surface area (Å²) in [6, 6.07) is -0.0747. The fourth-order valence-corrected chi connectivity index (χ4v) is 4.52. The monoisotopic (exact) mass is 509 g/mol. The summed E-state index contributed by atoms with van der Waals surface area (Å²) in [6.45, 7) is 3.12. The highest BCUT2D eigenvalue weighted by atomic mass is 19.3. The average molecular weight is 509 g/mol. The van der Waals surface area contributed by atoms with Gasteiger partial charge in [0.05, 0.1) is 17.5 Å². The molecule has 1 N–H and O–H groups in total. The summed E-state index contributed by atoms with van der Waals surface area (Å²) in [5.41, 5.74) is -2.01. The van der Waals surface area contributed by atoms with E-state index in [9.17, 15) is 27.9 Å². The van der Waals surface area contributed by atoms with E-state index in [0.717, 1.165) is 0 Å². The van der Waals surface area contributed by atoms with E-state index in [0.29, 0.717) is 34.1 Å². The molecular formula is C25H24F5N3O3. The third-order valence-corrected chi connectivity index (χ3v) is 6.68. The van der Waals surface area contributed by atoms with Gasteiger partial charge in [-0.3, -0.25) is 14.2 Å². The Kier molecular flexibility index (Phi) is 6.52. The normalized spacial score (nSPS) is 14.2. The molecule has 0 spiro atoms. The maximum Gasteiger partial charge on any atom is 0.360 e. The number of aliphatic carboxylic acids is 1. The Hall–Kier alpha value is -3.50. The molecule has 6 nitrogen and oxygen atoms in total. The van der Waals surface area contributed by atoms with Crippen LogP contribution in [0.5, 0.6) is 0 Å². The average Bonchev–Trinajstić information content (AvgIpc) is 3.16. The molecule has 0 saturated heterocycles. The van der Waals surface area contributed by atoms with Crippen LogP contribution in [0, 0.1) is 22.9 Å². The zero-order valence-electron chi connectivity index (χ0n) is 19.6. The molecule has 1 aliphatic heterocycles. The van der Waals surface area contributed by atoms with Gasteiger partial charge < -0.3 is 10.0 Å². The summed E-state index contributed by atoms with van der Waals surface area (Å²) in [5.74, 6) is -6.93. The number of carbonyl (C=O) groups excluding carboxylic acids is 1. The summed E-state index contributed by atoms with van der Waals surface area (Å²) in [6.07, 6.45) is 2.09. The first-order chi connectivity index (χ1) is 16.9. The van der Waals surface area contributed by atoms with Crippen molar-refractivity contribution in [2.24, 2.45) is 5.41 Å². The Labute approximate surface area is 203 Å². The van der Waals surface area contributed by atoms with E-state index in [2.05, 4.69) is 4.98 Å². The number of pyridine rings is 1. The molecule has 36 heavy (non-hydrogen) atoms. The second-order valence-electron chi connectivity index (χ2n) is 9.51. The molecule has 3 aromatic rings. The quantitative estimate of drug-likeness (QED) is 0.350. The lowest BCUT2D eigenvalue weighted by Gasteiger charge is -2.31. The Morgan fingerprint density at radius 3 is 2.53 bits per heavy atom. The fraction of sp³-hybridized carbons (Fsp3) is 0.400. The molecule has 2 aromatic heterocycles. The summed E-state index contributed by atoms with van der Waals surface area (Å²) >= 11 is 0. The van der Waals surface area contributed by atoms with Crippen molar-refractivity contribution in [3.05, 3.63) is 64.7 Å². The number of benzene rings is 1. The van der Waals surface area contributed by atoms with E-state index in [1.807, 2.05) is 0 Å². The van der Waals surface area contributed by atoms with E-state index in [-0.39, 0.29) is 49.6 Å². The maximum absolute atomic E-state index is 15.8. The van der Waals surface area contributed by atoms with Gasteiger partial charge >= 0.3 is 12.0 Å². The molecule has 0 radical (unpaired) electrons. The van der Waals surface area contributed by atoms with Crippen LogP contribution in [0.15, 0.2) is 30.5 Å². The molecule has 0 atom stereocenters. The van der Waals surface area contributed by atoms with Crippen LogP contribution in [0.2, 0.25) is 0 Å². The second-order valence-corrected chi connectivity index (χ2v) is 9.51. The first-order valence-electron chi connectivity index (χ1n) is 11.4. The van der Waals surface area contributed by atoms with Crippen molar-refractivity contribution < 1.29 is 36.6 Å². The van der Waals surface area contributed by atoms with E-state index in [4.69, 9.17) is 0 Å². The topological polar surface area (TPSA) is 75.4 Å². The van der Waals surface area contributed by atoms with Crippen molar-refractivity contribution in [2.45, 2.75) is 52.1 Å². The molecule has 0 fully saturated rings. The number of rotatable bonds is 7. The summed E-state index contributed by atoms with van der Waals surface area (Å²) in [7, 11) is 0. The highest BCUT2D eigenvalue weighted by molar-refractivity contribution is 5.84. The van der Waals surface area contributed by atoms with Crippen molar-refractivity contribution in [3.8, 4) is 0 Å². The van der Waals surface area contributed by atoms with Crippen LogP contribution in [-0.2, 0) is 28.6 Å². The minimum Gasteiger partial charge on any atom is -0.481 e. The number of halogens is 5. The van der Waals surface area contributed by atoms with Crippen LogP contribution in [0.3, 0.4) is 0 Å². The molecule has 3 heterocycles. The number of hydrogen-bond donors (Lipinski definition) is 1. The largest absolute Gasteiger partial charge is 0.481 e. The number of hydrogen-bond acceptors (Lipinski definition) is 3. The second kappa shape index (κ2) is 9.18. The highest BCUT2D eigenvalue weighted by Gasteiger charge is 2.43. The van der Waals surface area contributed by atoms with Crippen LogP contribution in [0.25, 0.3) is 11.0 Å². The minimum absolute atomic E-state index is 0.0169. The summed E-state index contributed by atoms with van der Waals surface area (Å²) in [4.78, 5) is 29.6. The molecule has 11 heteroatoms. The van der Waals surface area contributed by atoms with Crippen molar-refractivity contribution >= 4 is 22.9 Å². The third-order valence-electron chi connectivity index (χ3n) is 6.68. The Morgan fingerprint density at radius 1 is 1.11 bits per heavy atom. The lowest BCUT2D eigenvalue weighted by atomic mass is 9.87. The molecule has 4 rings (SSSR count). The number of alkyl halides is 2. The van der Waals surface area contributed by atoms with Crippen molar-refractivity contribution in [3.63, 3.8) is 0 Å². The lowest BCUT2D eigenvalue weighted by molar-refractivity contribution is -0.147. The summed E-state index contributed by atoms with van der Waals surface area (Å²) < 4.78 is 73.8. The van der Waals surface area contributed by atoms with Crippen molar-refractivity contribution in [1.82, 2.24) is 14.5 Å². The van der Waals surface area contributed by atoms with Gasteiger partial charge in [-0.2, -0.15) is 8.78 Å². The van der Waals surface area contributed by atoms with Gasteiger partial charge in [0, 0.05) is 30.2 Å². The van der Waals surface area contributed by atoms with Crippen LogP contribution < -0.4 is 0 Å². The predicted octanol–water partition coefficient (Wildman–Crippen LogP) is 5.22. The minimum atomic E-state index is -4.14. The lowest BCUT2D eigenvalue weighted by Crippen LogP contribution is -2.38. The van der Waals surface area contributed by atoms with Crippen molar-refractivity contribution in [1.29, 1.82) is 0 Å². The van der Waals surface area contributed by atoms with E-state index in [1.54, 1.807) is 26.0 Å². The highest BCUT2D eigenvalue weighted by Crippen LogP contribution is 2.41.